The summed E-state index contributed by atoms with van der Waals surface area (Å²) >= 11 is 0. The number of hydrogen-bond acceptors (Lipinski definition) is 3. The quantitative estimate of drug-likeness (QED) is 0.537. The van der Waals surface area contributed by atoms with Gasteiger partial charge in [0, 0.05) is 24.3 Å². The highest BCUT2D eigenvalue weighted by atomic mass is 16.3. The molecule has 1 unspecified atom stereocenters. The molecule has 4 N–H and O–H groups in total. The van der Waals surface area contributed by atoms with Crippen LogP contribution in [-0.4, -0.2) is 21.6 Å². The first kappa shape index (κ1) is 15.6. The summed E-state index contributed by atoms with van der Waals surface area (Å²) in [5.74, 6) is 0. The molecule has 0 saturated carbocycles. The van der Waals surface area contributed by atoms with Gasteiger partial charge in [0.1, 0.15) is 11.2 Å². The number of fused-ring (bicyclic) bond motifs is 1. The molecule has 0 fully saturated rings. The van der Waals surface area contributed by atoms with E-state index in [2.05, 4.69) is 9.97 Å². The molecule has 4 rings (SSSR count). The maximum Gasteiger partial charge on any atom is 0.137 e. The molecule has 2 heterocycles. The third-order valence-electron chi connectivity index (χ3n) is 4.68. The minimum atomic E-state index is -1.19. The van der Waals surface area contributed by atoms with Crippen LogP contribution >= 0.6 is 0 Å². The van der Waals surface area contributed by atoms with Gasteiger partial charge in [0.2, 0.25) is 0 Å². The van der Waals surface area contributed by atoms with Gasteiger partial charge in [0.25, 0.3) is 0 Å². The molecule has 0 aliphatic carbocycles. The van der Waals surface area contributed by atoms with Gasteiger partial charge in [-0.25, -0.2) is 4.98 Å². The molecule has 0 bridgehead atoms. The van der Waals surface area contributed by atoms with E-state index in [0.29, 0.717) is 0 Å². The standard InChI is InChI=1S/C21H19N3O/c22-14-21(25,16-4-2-1-3-5-16)17-8-6-15(7-9-17)18-10-12-23-20-19(18)11-13-24-20/h1-13,25H,14,22H2,(H,23,24). The maximum absolute atomic E-state index is 11.1. The Balaban J connectivity index is 1.76. The highest BCUT2D eigenvalue weighted by molar-refractivity contribution is 5.92. The van der Waals surface area contributed by atoms with Crippen LogP contribution in [0.4, 0.5) is 0 Å². The number of pyridine rings is 1. The van der Waals surface area contributed by atoms with Gasteiger partial charge in [0.15, 0.2) is 0 Å². The fraction of sp³-hybridized carbons (Fsp3) is 0.0952. The summed E-state index contributed by atoms with van der Waals surface area (Å²) < 4.78 is 0. The van der Waals surface area contributed by atoms with E-state index in [1.165, 1.54) is 0 Å². The zero-order valence-corrected chi connectivity index (χ0v) is 13.7. The number of benzene rings is 2. The van der Waals surface area contributed by atoms with Crippen LogP contribution in [0.5, 0.6) is 0 Å². The van der Waals surface area contributed by atoms with E-state index in [0.717, 1.165) is 33.3 Å². The summed E-state index contributed by atoms with van der Waals surface area (Å²) in [6.07, 6.45) is 3.68. The lowest BCUT2D eigenvalue weighted by Gasteiger charge is -2.28. The number of H-pyrrole nitrogens is 1. The number of nitrogens with one attached hydrogen (secondary N) is 1. The Kier molecular flexibility index (Phi) is 3.84. The van der Waals surface area contributed by atoms with Gasteiger partial charge in [-0.3, -0.25) is 0 Å². The van der Waals surface area contributed by atoms with Gasteiger partial charge < -0.3 is 15.8 Å². The number of rotatable bonds is 4. The van der Waals surface area contributed by atoms with Crippen molar-refractivity contribution >= 4 is 11.0 Å². The Labute approximate surface area is 146 Å². The summed E-state index contributed by atoms with van der Waals surface area (Å²) in [5.41, 5.74) is 9.34. The minimum Gasteiger partial charge on any atom is -0.379 e. The number of hydrogen-bond donors (Lipinski definition) is 3. The number of nitrogens with two attached hydrogens (primary N) is 1. The molecule has 1 atom stereocenters. The fourth-order valence-corrected chi connectivity index (χ4v) is 3.25. The van der Waals surface area contributed by atoms with Crippen LogP contribution in [0.2, 0.25) is 0 Å². The first-order chi connectivity index (χ1) is 12.2. The predicted molar refractivity (Wildman–Crippen MR) is 100 cm³/mol. The molecule has 124 valence electrons. The van der Waals surface area contributed by atoms with Gasteiger partial charge in [0.05, 0.1) is 0 Å². The van der Waals surface area contributed by atoms with E-state index in [1.807, 2.05) is 72.9 Å². The molecular weight excluding hydrogens is 310 g/mol. The molecule has 2 aromatic carbocycles. The topological polar surface area (TPSA) is 74.9 Å². The van der Waals surface area contributed by atoms with E-state index in [9.17, 15) is 5.11 Å². The van der Waals surface area contributed by atoms with Crippen LogP contribution in [0.3, 0.4) is 0 Å². The second-order valence-electron chi connectivity index (χ2n) is 6.11. The van der Waals surface area contributed by atoms with E-state index in [-0.39, 0.29) is 6.54 Å². The highest BCUT2D eigenvalue weighted by Gasteiger charge is 2.29. The Morgan fingerprint density at radius 3 is 2.36 bits per heavy atom. The van der Waals surface area contributed by atoms with Crippen LogP contribution < -0.4 is 5.73 Å². The van der Waals surface area contributed by atoms with Gasteiger partial charge in [-0.2, -0.15) is 0 Å². The average molecular weight is 329 g/mol. The third-order valence-corrected chi connectivity index (χ3v) is 4.68. The van der Waals surface area contributed by atoms with E-state index in [1.54, 1.807) is 6.20 Å². The molecule has 2 aromatic heterocycles. The SMILES string of the molecule is NCC(O)(c1ccccc1)c1ccc(-c2ccnc3[nH]ccc23)cc1. The van der Waals surface area contributed by atoms with Crippen molar-refractivity contribution in [1.82, 2.24) is 9.97 Å². The molecule has 0 aliphatic rings. The maximum atomic E-state index is 11.1. The number of aromatic nitrogens is 2. The molecule has 4 nitrogen and oxygen atoms in total. The van der Waals surface area contributed by atoms with Crippen molar-refractivity contribution in [3.8, 4) is 11.1 Å². The zero-order valence-electron chi connectivity index (χ0n) is 13.7. The number of aromatic amines is 1. The van der Waals surface area contributed by atoms with E-state index in [4.69, 9.17) is 5.73 Å². The molecule has 0 aliphatic heterocycles. The van der Waals surface area contributed by atoms with Crippen LogP contribution in [0.1, 0.15) is 11.1 Å². The average Bonchev–Trinajstić information content (AvgIpc) is 3.17. The summed E-state index contributed by atoms with van der Waals surface area (Å²) in [4.78, 5) is 7.45. The van der Waals surface area contributed by atoms with Crippen molar-refractivity contribution < 1.29 is 5.11 Å². The summed E-state index contributed by atoms with van der Waals surface area (Å²) in [5, 5.41) is 12.2. The lowest BCUT2D eigenvalue weighted by Crippen LogP contribution is -2.36. The minimum absolute atomic E-state index is 0.119. The van der Waals surface area contributed by atoms with Gasteiger partial charge in [-0.1, -0.05) is 54.6 Å². The lowest BCUT2D eigenvalue weighted by atomic mass is 9.85. The molecule has 25 heavy (non-hydrogen) atoms. The fourth-order valence-electron chi connectivity index (χ4n) is 3.25. The van der Waals surface area contributed by atoms with Crippen LogP contribution in [0.25, 0.3) is 22.2 Å². The molecule has 0 spiro atoms. The first-order valence-corrected chi connectivity index (χ1v) is 8.23. The van der Waals surface area contributed by atoms with Crippen LogP contribution in [-0.2, 0) is 5.60 Å². The zero-order chi connectivity index (χ0) is 17.3. The van der Waals surface area contributed by atoms with Crippen molar-refractivity contribution in [3.05, 3.63) is 90.3 Å². The van der Waals surface area contributed by atoms with Crippen molar-refractivity contribution in [2.24, 2.45) is 5.73 Å². The number of aliphatic hydroxyl groups is 1. The van der Waals surface area contributed by atoms with Gasteiger partial charge in [-0.05, 0) is 34.4 Å². The Morgan fingerprint density at radius 2 is 1.64 bits per heavy atom. The van der Waals surface area contributed by atoms with Crippen molar-refractivity contribution in [2.75, 3.05) is 6.54 Å². The Bertz CT molecular complexity index is 993. The Hall–Kier alpha value is -2.95. The molecular formula is C21H19N3O. The number of nitrogens with zero attached hydrogens (tertiary/aromatic N) is 1. The van der Waals surface area contributed by atoms with Crippen LogP contribution in [0.15, 0.2) is 79.1 Å². The second kappa shape index (κ2) is 6.16. The smallest absolute Gasteiger partial charge is 0.137 e. The predicted octanol–water partition coefficient (Wildman–Crippen LogP) is 3.42. The van der Waals surface area contributed by atoms with Crippen LogP contribution in [0, 0.1) is 0 Å². The molecule has 0 amide bonds. The lowest BCUT2D eigenvalue weighted by molar-refractivity contribution is 0.0902. The normalized spacial score (nSPS) is 13.7. The summed E-state index contributed by atoms with van der Waals surface area (Å²) in [7, 11) is 0. The molecule has 0 radical (unpaired) electrons. The molecule has 4 aromatic rings. The van der Waals surface area contributed by atoms with Gasteiger partial charge >= 0.3 is 0 Å². The first-order valence-electron chi connectivity index (χ1n) is 8.23. The largest absolute Gasteiger partial charge is 0.379 e. The monoisotopic (exact) mass is 329 g/mol. The third kappa shape index (κ3) is 2.61. The van der Waals surface area contributed by atoms with E-state index >= 15 is 0 Å². The Morgan fingerprint density at radius 1 is 0.920 bits per heavy atom. The molecule has 4 heteroatoms. The van der Waals surface area contributed by atoms with Gasteiger partial charge in [-0.15, -0.1) is 0 Å². The summed E-state index contributed by atoms with van der Waals surface area (Å²) in [6.45, 7) is 0.119. The summed E-state index contributed by atoms with van der Waals surface area (Å²) in [6, 6.07) is 21.5. The van der Waals surface area contributed by atoms with Crippen molar-refractivity contribution in [3.63, 3.8) is 0 Å². The van der Waals surface area contributed by atoms with Crippen molar-refractivity contribution in [2.45, 2.75) is 5.60 Å². The molecule has 0 saturated heterocycles. The highest BCUT2D eigenvalue weighted by Crippen LogP contribution is 2.32. The van der Waals surface area contributed by atoms with E-state index < -0.39 is 5.60 Å². The second-order valence-corrected chi connectivity index (χ2v) is 6.11. The van der Waals surface area contributed by atoms with Crippen molar-refractivity contribution in [1.29, 1.82) is 0 Å².